The van der Waals surface area contributed by atoms with Crippen molar-refractivity contribution in [2.45, 2.75) is 19.6 Å². The Morgan fingerprint density at radius 3 is 2.25 bits per heavy atom. The van der Waals surface area contributed by atoms with Crippen LogP contribution in [0.25, 0.3) is 0 Å². The molecule has 1 aromatic carbocycles. The Bertz CT molecular complexity index is 431. The third kappa shape index (κ3) is 3.36. The number of benzene rings is 1. The van der Waals surface area contributed by atoms with E-state index in [1.54, 1.807) is 0 Å². The van der Waals surface area contributed by atoms with Crippen LogP contribution in [0.2, 0.25) is 29.7 Å². The maximum absolute atomic E-state index is 10.6. The van der Waals surface area contributed by atoms with Gasteiger partial charge in [0, 0.05) is 12.1 Å². The summed E-state index contributed by atoms with van der Waals surface area (Å²) in [6.07, 6.45) is 0. The van der Waals surface area contributed by atoms with E-state index in [0.717, 1.165) is 0 Å². The average Bonchev–Trinajstić information content (AvgIpc) is 2.07. The summed E-state index contributed by atoms with van der Waals surface area (Å²) in [6.45, 7) is 5.95. The van der Waals surface area contributed by atoms with Crippen molar-refractivity contribution < 1.29 is 9.35 Å². The van der Waals surface area contributed by atoms with Crippen LogP contribution in [0.4, 0.5) is 5.69 Å². The van der Waals surface area contributed by atoms with E-state index in [9.17, 15) is 10.1 Å². The molecular formula is C9H11Cl2NO3Si. The molecule has 88 valence electrons. The molecule has 0 saturated heterocycles. The lowest BCUT2D eigenvalue weighted by Gasteiger charge is -2.20. The number of rotatable bonds is 3. The Morgan fingerprint density at radius 1 is 1.25 bits per heavy atom. The molecule has 0 heterocycles. The predicted molar refractivity (Wildman–Crippen MR) is 67.1 cm³/mol. The molecule has 0 bridgehead atoms. The first-order valence-electron chi connectivity index (χ1n) is 4.53. The van der Waals surface area contributed by atoms with E-state index in [2.05, 4.69) is 0 Å². The maximum Gasteiger partial charge on any atom is 0.289 e. The van der Waals surface area contributed by atoms with Gasteiger partial charge in [0.15, 0.2) is 0 Å². The van der Waals surface area contributed by atoms with Gasteiger partial charge in [0.05, 0.1) is 9.95 Å². The van der Waals surface area contributed by atoms with Crippen molar-refractivity contribution in [1.82, 2.24) is 0 Å². The minimum absolute atomic E-state index is 0.0302. The fourth-order valence-corrected chi connectivity index (χ4v) is 2.38. The zero-order valence-corrected chi connectivity index (χ0v) is 11.6. The highest BCUT2D eigenvalue weighted by Crippen LogP contribution is 2.36. The summed E-state index contributed by atoms with van der Waals surface area (Å²) in [4.78, 5) is 10.0. The molecule has 1 rings (SSSR count). The molecule has 0 radical (unpaired) electrons. The van der Waals surface area contributed by atoms with Crippen LogP contribution >= 0.6 is 23.2 Å². The summed E-state index contributed by atoms with van der Waals surface area (Å²) >= 11 is 11.6. The zero-order chi connectivity index (χ0) is 12.5. The summed E-state index contributed by atoms with van der Waals surface area (Å²) in [5.74, 6) is 0.399. The van der Waals surface area contributed by atoms with Gasteiger partial charge in [-0.3, -0.25) is 10.1 Å². The number of hydrogen-bond acceptors (Lipinski definition) is 3. The van der Waals surface area contributed by atoms with Crippen molar-refractivity contribution in [2.24, 2.45) is 0 Å². The molecule has 0 fully saturated rings. The van der Waals surface area contributed by atoms with Crippen molar-refractivity contribution >= 4 is 37.2 Å². The number of halogens is 2. The Balaban J connectivity index is 3.16. The molecule has 1 aromatic rings. The highest BCUT2D eigenvalue weighted by atomic mass is 35.5. The van der Waals surface area contributed by atoms with Crippen LogP contribution in [0.5, 0.6) is 5.75 Å². The number of nitro groups is 1. The van der Waals surface area contributed by atoms with Crippen LogP contribution in [0, 0.1) is 10.1 Å². The van der Waals surface area contributed by atoms with Crippen molar-refractivity contribution in [3.63, 3.8) is 0 Å². The standard InChI is InChI=1S/C9H11Cl2NO3Si/c1-16(2,3)15-9-5-6(10)8(12(13)14)4-7(9)11/h4-5H,1-3H3. The predicted octanol–water partition coefficient (Wildman–Crippen LogP) is 4.12. The van der Waals surface area contributed by atoms with Gasteiger partial charge in [0.2, 0.25) is 8.32 Å². The molecule has 0 saturated carbocycles. The van der Waals surface area contributed by atoms with Gasteiger partial charge < -0.3 is 4.43 Å². The van der Waals surface area contributed by atoms with Crippen LogP contribution in [-0.4, -0.2) is 13.2 Å². The van der Waals surface area contributed by atoms with Crippen LogP contribution in [0.3, 0.4) is 0 Å². The first-order valence-corrected chi connectivity index (χ1v) is 8.69. The van der Waals surface area contributed by atoms with Crippen molar-refractivity contribution in [3.05, 3.63) is 32.3 Å². The molecule has 0 aliphatic rings. The van der Waals surface area contributed by atoms with E-state index in [1.165, 1.54) is 12.1 Å². The molecule has 16 heavy (non-hydrogen) atoms. The van der Waals surface area contributed by atoms with Gasteiger partial charge in [-0.2, -0.15) is 0 Å². The first-order chi connectivity index (χ1) is 7.20. The van der Waals surface area contributed by atoms with Gasteiger partial charge in [-0.25, -0.2) is 0 Å². The third-order valence-corrected chi connectivity index (χ3v) is 3.04. The normalized spacial score (nSPS) is 11.3. The van der Waals surface area contributed by atoms with Gasteiger partial charge in [-0.05, 0) is 19.6 Å². The molecule has 7 heteroatoms. The molecule has 0 unspecified atom stereocenters. The van der Waals surface area contributed by atoms with E-state index in [4.69, 9.17) is 27.6 Å². The van der Waals surface area contributed by atoms with Crippen molar-refractivity contribution in [2.75, 3.05) is 0 Å². The lowest BCUT2D eigenvalue weighted by atomic mass is 10.3. The van der Waals surface area contributed by atoms with E-state index >= 15 is 0 Å². The summed E-state index contributed by atoms with van der Waals surface area (Å²) in [5, 5.41) is 10.8. The quantitative estimate of drug-likeness (QED) is 0.475. The SMILES string of the molecule is C[Si](C)(C)Oc1cc(Cl)c([N+](=O)[O-])cc1Cl. The minimum atomic E-state index is -1.81. The molecule has 4 nitrogen and oxygen atoms in total. The van der Waals surface area contributed by atoms with Crippen LogP contribution in [0.15, 0.2) is 12.1 Å². The Kier molecular flexibility index (Phi) is 3.82. The summed E-state index contributed by atoms with van der Waals surface area (Å²) in [6, 6.07) is 2.60. The maximum atomic E-state index is 10.6. The minimum Gasteiger partial charge on any atom is -0.543 e. The molecule has 0 aliphatic carbocycles. The summed E-state index contributed by atoms with van der Waals surface area (Å²) < 4.78 is 5.65. The monoisotopic (exact) mass is 279 g/mol. The van der Waals surface area contributed by atoms with Gasteiger partial charge in [0.25, 0.3) is 5.69 Å². The highest BCUT2D eigenvalue weighted by Gasteiger charge is 2.21. The van der Waals surface area contributed by atoms with Gasteiger partial charge >= 0.3 is 0 Å². The molecule has 0 aliphatic heterocycles. The first kappa shape index (κ1) is 13.3. The summed E-state index contributed by atoms with van der Waals surface area (Å²) in [7, 11) is -1.81. The molecular weight excluding hydrogens is 269 g/mol. The fraction of sp³-hybridized carbons (Fsp3) is 0.333. The van der Waals surface area contributed by atoms with Gasteiger partial charge in [0.1, 0.15) is 10.8 Å². The number of hydrogen-bond donors (Lipinski definition) is 0. The number of nitrogens with zero attached hydrogens (tertiary/aromatic N) is 1. The molecule has 0 aromatic heterocycles. The molecule has 0 amide bonds. The second kappa shape index (κ2) is 4.61. The lowest BCUT2D eigenvalue weighted by molar-refractivity contribution is -0.384. The molecule has 0 spiro atoms. The van der Waals surface area contributed by atoms with Gasteiger partial charge in [-0.15, -0.1) is 0 Å². The van der Waals surface area contributed by atoms with E-state index in [-0.39, 0.29) is 15.7 Å². The molecule has 0 atom stereocenters. The van der Waals surface area contributed by atoms with Crippen molar-refractivity contribution in [3.8, 4) is 5.75 Å². The van der Waals surface area contributed by atoms with Crippen LogP contribution in [-0.2, 0) is 0 Å². The Morgan fingerprint density at radius 2 is 1.81 bits per heavy atom. The molecule has 0 N–H and O–H groups in total. The van der Waals surface area contributed by atoms with E-state index in [1.807, 2.05) is 19.6 Å². The summed E-state index contributed by atoms with van der Waals surface area (Å²) in [5.41, 5.74) is -0.213. The number of nitro benzene ring substituents is 1. The fourth-order valence-electron chi connectivity index (χ4n) is 1.07. The zero-order valence-electron chi connectivity index (χ0n) is 9.08. The van der Waals surface area contributed by atoms with E-state index < -0.39 is 13.2 Å². The lowest BCUT2D eigenvalue weighted by Crippen LogP contribution is -2.29. The topological polar surface area (TPSA) is 52.4 Å². The second-order valence-corrected chi connectivity index (χ2v) is 9.45. The van der Waals surface area contributed by atoms with Crippen LogP contribution in [0.1, 0.15) is 0 Å². The smallest absolute Gasteiger partial charge is 0.289 e. The largest absolute Gasteiger partial charge is 0.543 e. The van der Waals surface area contributed by atoms with Crippen molar-refractivity contribution in [1.29, 1.82) is 0 Å². The highest BCUT2D eigenvalue weighted by molar-refractivity contribution is 6.70. The second-order valence-electron chi connectivity index (χ2n) is 4.21. The Labute approximate surface area is 104 Å². The average molecular weight is 280 g/mol. The van der Waals surface area contributed by atoms with Crippen LogP contribution < -0.4 is 4.43 Å². The Hall–Kier alpha value is -0.783. The third-order valence-electron chi connectivity index (χ3n) is 1.61. The van der Waals surface area contributed by atoms with Gasteiger partial charge in [-0.1, -0.05) is 23.2 Å². The van der Waals surface area contributed by atoms with E-state index in [0.29, 0.717) is 5.75 Å².